The van der Waals surface area contributed by atoms with Gasteiger partial charge in [0.05, 0.1) is 24.5 Å². The van der Waals surface area contributed by atoms with Crippen LogP contribution in [0.15, 0.2) is 40.6 Å². The summed E-state index contributed by atoms with van der Waals surface area (Å²) in [6, 6.07) is 7.91. The molecule has 0 radical (unpaired) electrons. The van der Waals surface area contributed by atoms with E-state index in [1.807, 2.05) is 18.4 Å². The number of benzene rings is 1. The van der Waals surface area contributed by atoms with E-state index in [1.165, 1.54) is 29.5 Å². The van der Waals surface area contributed by atoms with E-state index in [2.05, 4.69) is 10.3 Å². The molecule has 0 saturated carbocycles. The molecule has 2 rings (SSSR count). The van der Waals surface area contributed by atoms with Gasteiger partial charge < -0.3 is 9.47 Å². The van der Waals surface area contributed by atoms with E-state index in [0.29, 0.717) is 24.7 Å². The maximum atomic E-state index is 12.3. The average molecular weight is 384 g/mol. The first kappa shape index (κ1) is 19.2. The van der Waals surface area contributed by atoms with Crippen molar-refractivity contribution >= 4 is 27.3 Å². The van der Waals surface area contributed by atoms with Crippen LogP contribution in [0.5, 0.6) is 11.5 Å². The molecule has 9 heteroatoms. The molecule has 0 unspecified atom stereocenters. The Hall–Kier alpha value is -2.10. The molecule has 0 aliphatic rings. The molecule has 1 aromatic heterocycles. The molecular weight excluding hydrogens is 364 g/mol. The lowest BCUT2D eigenvalue weighted by atomic mass is 10.3. The standard InChI is InChI=1S/C16H20N2O5S2/c1-3-22-14-8-7-13(11-15(14)23-4-2)25(20,21)18-17-16(19)10-12-6-5-9-24-12/h5-9,11,18H,3-4,10H2,1-2H3,(H,17,19). The van der Waals surface area contributed by atoms with Gasteiger partial charge in [-0.2, -0.15) is 0 Å². The van der Waals surface area contributed by atoms with Crippen LogP contribution >= 0.6 is 11.3 Å². The van der Waals surface area contributed by atoms with E-state index in [0.717, 1.165) is 4.88 Å². The smallest absolute Gasteiger partial charge is 0.257 e. The second-order valence-electron chi connectivity index (χ2n) is 4.88. The number of sulfonamides is 1. The van der Waals surface area contributed by atoms with E-state index in [4.69, 9.17) is 9.47 Å². The number of nitrogens with one attached hydrogen (secondary N) is 2. The Kier molecular flexibility index (Phi) is 6.80. The Morgan fingerprint density at radius 1 is 1.12 bits per heavy atom. The highest BCUT2D eigenvalue weighted by atomic mass is 32.2. The van der Waals surface area contributed by atoms with Crippen LogP contribution in [0.2, 0.25) is 0 Å². The van der Waals surface area contributed by atoms with Gasteiger partial charge in [-0.25, -0.2) is 8.42 Å². The van der Waals surface area contributed by atoms with Gasteiger partial charge in [0.1, 0.15) is 0 Å². The Bertz CT molecular complexity index is 804. The van der Waals surface area contributed by atoms with Gasteiger partial charge in [-0.15, -0.1) is 16.2 Å². The Morgan fingerprint density at radius 2 is 1.84 bits per heavy atom. The van der Waals surface area contributed by atoms with Crippen LogP contribution in [0.4, 0.5) is 0 Å². The molecular formula is C16H20N2O5S2. The molecule has 25 heavy (non-hydrogen) atoms. The quantitative estimate of drug-likeness (QED) is 0.646. The summed E-state index contributed by atoms with van der Waals surface area (Å²) >= 11 is 1.43. The highest BCUT2D eigenvalue weighted by Crippen LogP contribution is 2.30. The number of hydrazine groups is 1. The van der Waals surface area contributed by atoms with Crippen molar-refractivity contribution in [2.45, 2.75) is 25.2 Å². The van der Waals surface area contributed by atoms with E-state index >= 15 is 0 Å². The fourth-order valence-corrected chi connectivity index (χ4v) is 3.58. The second kappa shape index (κ2) is 8.84. The minimum Gasteiger partial charge on any atom is -0.490 e. The fraction of sp³-hybridized carbons (Fsp3) is 0.312. The van der Waals surface area contributed by atoms with Crippen LogP contribution in [-0.4, -0.2) is 27.5 Å². The molecule has 2 N–H and O–H groups in total. The Balaban J connectivity index is 2.07. The molecule has 0 aliphatic heterocycles. The van der Waals surface area contributed by atoms with Crippen molar-refractivity contribution in [3.05, 3.63) is 40.6 Å². The summed E-state index contributed by atoms with van der Waals surface area (Å²) in [7, 11) is -3.92. The minimum absolute atomic E-state index is 0.0316. The maximum Gasteiger partial charge on any atom is 0.257 e. The van der Waals surface area contributed by atoms with E-state index in [-0.39, 0.29) is 11.3 Å². The van der Waals surface area contributed by atoms with Crippen LogP contribution in [-0.2, 0) is 21.2 Å². The van der Waals surface area contributed by atoms with Gasteiger partial charge in [-0.3, -0.25) is 10.2 Å². The predicted octanol–water partition coefficient (Wildman–Crippen LogP) is 2.10. The highest BCUT2D eigenvalue weighted by Gasteiger charge is 2.18. The summed E-state index contributed by atoms with van der Waals surface area (Å²) in [6.45, 7) is 4.42. The van der Waals surface area contributed by atoms with Crippen molar-refractivity contribution < 1.29 is 22.7 Å². The SMILES string of the molecule is CCOc1ccc(S(=O)(=O)NNC(=O)Cc2cccs2)cc1OCC. The van der Waals surface area contributed by atoms with Crippen LogP contribution in [0.3, 0.4) is 0 Å². The monoisotopic (exact) mass is 384 g/mol. The fourth-order valence-electron chi connectivity index (χ4n) is 2.00. The number of carbonyl (C=O) groups is 1. The molecule has 2 aromatic rings. The number of carbonyl (C=O) groups excluding carboxylic acids is 1. The Morgan fingerprint density at radius 3 is 2.48 bits per heavy atom. The van der Waals surface area contributed by atoms with Gasteiger partial charge in [0.15, 0.2) is 11.5 Å². The summed E-state index contributed by atoms with van der Waals surface area (Å²) in [5.41, 5.74) is 2.21. The molecule has 0 fully saturated rings. The molecule has 1 amide bonds. The van der Waals surface area contributed by atoms with Gasteiger partial charge in [-0.1, -0.05) is 6.07 Å². The van der Waals surface area contributed by atoms with Crippen molar-refractivity contribution in [3.63, 3.8) is 0 Å². The molecule has 0 spiro atoms. The van der Waals surface area contributed by atoms with E-state index in [1.54, 1.807) is 13.0 Å². The third kappa shape index (κ3) is 5.45. The molecule has 7 nitrogen and oxygen atoms in total. The normalized spacial score (nSPS) is 11.1. The number of hydrogen-bond donors (Lipinski definition) is 2. The van der Waals surface area contributed by atoms with Gasteiger partial charge in [0.25, 0.3) is 10.0 Å². The van der Waals surface area contributed by atoms with Crippen molar-refractivity contribution in [2.24, 2.45) is 0 Å². The number of ether oxygens (including phenoxy) is 2. The van der Waals surface area contributed by atoms with Gasteiger partial charge in [-0.05, 0) is 37.4 Å². The molecule has 1 aromatic carbocycles. The lowest BCUT2D eigenvalue weighted by molar-refractivity contribution is -0.120. The lowest BCUT2D eigenvalue weighted by Gasteiger charge is -2.13. The zero-order valence-electron chi connectivity index (χ0n) is 13.9. The summed E-state index contributed by atoms with van der Waals surface area (Å²) in [6.07, 6.45) is 0.105. The number of rotatable bonds is 9. The zero-order valence-corrected chi connectivity index (χ0v) is 15.6. The maximum absolute atomic E-state index is 12.3. The number of hydrogen-bond acceptors (Lipinski definition) is 6. The molecule has 0 saturated heterocycles. The summed E-state index contributed by atoms with van der Waals surface area (Å²) in [5.74, 6) is 0.351. The summed E-state index contributed by atoms with van der Waals surface area (Å²) in [4.78, 5) is 14.7. The van der Waals surface area contributed by atoms with Crippen LogP contribution < -0.4 is 19.7 Å². The van der Waals surface area contributed by atoms with Crippen molar-refractivity contribution in [1.29, 1.82) is 0 Å². The third-order valence-corrected chi connectivity index (χ3v) is 5.19. The topological polar surface area (TPSA) is 93.7 Å². The predicted molar refractivity (Wildman–Crippen MR) is 95.3 cm³/mol. The average Bonchev–Trinajstić information content (AvgIpc) is 3.08. The molecule has 0 atom stereocenters. The summed E-state index contributed by atoms with van der Waals surface area (Å²) < 4.78 is 35.5. The first-order valence-electron chi connectivity index (χ1n) is 7.69. The van der Waals surface area contributed by atoms with Crippen molar-refractivity contribution in [2.75, 3.05) is 13.2 Å². The minimum atomic E-state index is -3.92. The molecule has 0 bridgehead atoms. The lowest BCUT2D eigenvalue weighted by Crippen LogP contribution is -2.42. The van der Waals surface area contributed by atoms with E-state index < -0.39 is 15.9 Å². The number of amides is 1. The van der Waals surface area contributed by atoms with Gasteiger partial charge >= 0.3 is 0 Å². The first-order valence-corrected chi connectivity index (χ1v) is 10.0. The third-order valence-electron chi connectivity index (χ3n) is 3.06. The molecule has 1 heterocycles. The Labute approximate surface area is 151 Å². The van der Waals surface area contributed by atoms with Crippen LogP contribution in [0, 0.1) is 0 Å². The molecule has 0 aliphatic carbocycles. The van der Waals surface area contributed by atoms with E-state index in [9.17, 15) is 13.2 Å². The summed E-state index contributed by atoms with van der Waals surface area (Å²) in [5, 5.41) is 1.85. The highest BCUT2D eigenvalue weighted by molar-refractivity contribution is 7.89. The van der Waals surface area contributed by atoms with Crippen molar-refractivity contribution in [1.82, 2.24) is 10.3 Å². The van der Waals surface area contributed by atoms with Gasteiger partial charge in [0, 0.05) is 10.9 Å². The largest absolute Gasteiger partial charge is 0.490 e. The zero-order chi connectivity index (χ0) is 18.3. The number of thiophene rings is 1. The van der Waals surface area contributed by atoms with Gasteiger partial charge in [0.2, 0.25) is 5.91 Å². The van der Waals surface area contributed by atoms with Crippen LogP contribution in [0.25, 0.3) is 0 Å². The van der Waals surface area contributed by atoms with Crippen molar-refractivity contribution in [3.8, 4) is 11.5 Å². The van der Waals surface area contributed by atoms with Crippen LogP contribution in [0.1, 0.15) is 18.7 Å². The first-order chi connectivity index (χ1) is 12.0. The second-order valence-corrected chi connectivity index (χ2v) is 7.60. The molecule has 136 valence electrons.